The highest BCUT2D eigenvalue weighted by atomic mass is 35.5. The van der Waals surface area contributed by atoms with Crippen LogP contribution in [0.25, 0.3) is 6.08 Å². The molecular formula is C16H14ClNO2. The van der Waals surface area contributed by atoms with Crippen LogP contribution in [-0.2, 0) is 4.79 Å². The third-order valence-corrected chi connectivity index (χ3v) is 3.01. The molecule has 1 N–H and O–H groups in total. The van der Waals surface area contributed by atoms with E-state index < -0.39 is 0 Å². The third kappa shape index (κ3) is 3.62. The van der Waals surface area contributed by atoms with Crippen molar-refractivity contribution in [3.05, 3.63) is 65.2 Å². The summed E-state index contributed by atoms with van der Waals surface area (Å²) in [6.45, 7) is 0. The van der Waals surface area contributed by atoms with Crippen molar-refractivity contribution in [2.75, 3.05) is 12.4 Å². The van der Waals surface area contributed by atoms with Gasteiger partial charge in [0.25, 0.3) is 0 Å². The molecule has 1 amide bonds. The second-order valence-corrected chi connectivity index (χ2v) is 4.45. The first kappa shape index (κ1) is 14.2. The second kappa shape index (κ2) is 6.78. The van der Waals surface area contributed by atoms with Crippen molar-refractivity contribution in [1.82, 2.24) is 0 Å². The molecule has 0 fully saturated rings. The van der Waals surface area contributed by atoms with Crippen LogP contribution in [0.2, 0.25) is 5.02 Å². The fraction of sp³-hybridized carbons (Fsp3) is 0.0625. The Kier molecular flexibility index (Phi) is 4.80. The molecule has 0 atom stereocenters. The minimum atomic E-state index is -0.246. The van der Waals surface area contributed by atoms with Gasteiger partial charge in [0.15, 0.2) is 0 Å². The van der Waals surface area contributed by atoms with Gasteiger partial charge in [-0.05, 0) is 24.3 Å². The Bertz CT molecular complexity index is 638. The van der Waals surface area contributed by atoms with Gasteiger partial charge in [-0.1, -0.05) is 41.9 Å². The van der Waals surface area contributed by atoms with Gasteiger partial charge < -0.3 is 10.1 Å². The number of benzene rings is 2. The lowest BCUT2D eigenvalue weighted by molar-refractivity contribution is -0.111. The predicted molar refractivity (Wildman–Crippen MR) is 82.1 cm³/mol. The van der Waals surface area contributed by atoms with Crippen LogP contribution < -0.4 is 10.1 Å². The third-order valence-electron chi connectivity index (χ3n) is 2.68. The molecule has 0 heterocycles. The van der Waals surface area contributed by atoms with Crippen molar-refractivity contribution in [2.45, 2.75) is 0 Å². The van der Waals surface area contributed by atoms with E-state index in [1.165, 1.54) is 6.08 Å². The molecule has 3 nitrogen and oxygen atoms in total. The van der Waals surface area contributed by atoms with Crippen molar-refractivity contribution in [1.29, 1.82) is 0 Å². The SMILES string of the molecule is COc1ccccc1/C=C/C(=O)Nc1ccccc1Cl. The first-order valence-corrected chi connectivity index (χ1v) is 6.45. The average molecular weight is 288 g/mol. The summed E-state index contributed by atoms with van der Waals surface area (Å²) >= 11 is 5.97. The molecule has 0 aliphatic rings. The molecule has 0 radical (unpaired) electrons. The quantitative estimate of drug-likeness (QED) is 0.863. The number of methoxy groups -OCH3 is 1. The largest absolute Gasteiger partial charge is 0.496 e. The number of amides is 1. The van der Waals surface area contributed by atoms with Crippen LogP contribution >= 0.6 is 11.6 Å². The Labute approximate surface area is 122 Å². The van der Waals surface area contributed by atoms with E-state index in [4.69, 9.17) is 16.3 Å². The van der Waals surface area contributed by atoms with E-state index in [1.54, 1.807) is 25.3 Å². The minimum Gasteiger partial charge on any atom is -0.496 e. The molecule has 0 aliphatic carbocycles. The highest BCUT2D eigenvalue weighted by molar-refractivity contribution is 6.33. The van der Waals surface area contributed by atoms with E-state index in [-0.39, 0.29) is 5.91 Å². The lowest BCUT2D eigenvalue weighted by Gasteiger charge is -2.05. The van der Waals surface area contributed by atoms with E-state index in [0.29, 0.717) is 16.5 Å². The average Bonchev–Trinajstić information content (AvgIpc) is 2.48. The molecule has 0 aliphatic heterocycles. The summed E-state index contributed by atoms with van der Waals surface area (Å²) in [6, 6.07) is 14.6. The van der Waals surface area contributed by atoms with E-state index in [1.807, 2.05) is 36.4 Å². The molecular weight excluding hydrogens is 274 g/mol. The van der Waals surface area contributed by atoms with E-state index in [2.05, 4.69) is 5.32 Å². The lowest BCUT2D eigenvalue weighted by atomic mass is 10.2. The van der Waals surface area contributed by atoms with Gasteiger partial charge in [0, 0.05) is 11.6 Å². The van der Waals surface area contributed by atoms with Crippen molar-refractivity contribution in [3.8, 4) is 5.75 Å². The summed E-state index contributed by atoms with van der Waals surface area (Å²) in [5.74, 6) is 0.471. The standard InChI is InChI=1S/C16H14ClNO2/c1-20-15-9-5-2-6-12(15)10-11-16(19)18-14-8-4-3-7-13(14)17/h2-11H,1H3,(H,18,19)/b11-10+. The van der Waals surface area contributed by atoms with Crippen molar-refractivity contribution in [3.63, 3.8) is 0 Å². The summed E-state index contributed by atoms with van der Waals surface area (Å²) in [5.41, 5.74) is 1.42. The zero-order chi connectivity index (χ0) is 14.4. The highest BCUT2D eigenvalue weighted by Gasteiger charge is 2.02. The number of rotatable bonds is 4. The van der Waals surface area contributed by atoms with E-state index >= 15 is 0 Å². The molecule has 0 saturated carbocycles. The van der Waals surface area contributed by atoms with Crippen LogP contribution in [0.3, 0.4) is 0 Å². The maximum atomic E-state index is 11.8. The number of carbonyl (C=O) groups excluding carboxylic acids is 1. The Balaban J connectivity index is 2.08. The monoisotopic (exact) mass is 287 g/mol. The van der Waals surface area contributed by atoms with Crippen LogP contribution in [0.1, 0.15) is 5.56 Å². The Morgan fingerprint density at radius 2 is 1.85 bits per heavy atom. The van der Waals surface area contributed by atoms with Crippen LogP contribution in [0.5, 0.6) is 5.75 Å². The fourth-order valence-corrected chi connectivity index (χ4v) is 1.89. The number of ether oxygens (including phenoxy) is 1. The molecule has 20 heavy (non-hydrogen) atoms. The maximum Gasteiger partial charge on any atom is 0.248 e. The molecule has 2 aromatic rings. The van der Waals surface area contributed by atoms with Gasteiger partial charge in [0.1, 0.15) is 5.75 Å². The van der Waals surface area contributed by atoms with Crippen LogP contribution in [-0.4, -0.2) is 13.0 Å². The summed E-state index contributed by atoms with van der Waals surface area (Å²) in [6.07, 6.45) is 3.15. The maximum absolute atomic E-state index is 11.8. The predicted octanol–water partition coefficient (Wildman–Crippen LogP) is 4.00. The summed E-state index contributed by atoms with van der Waals surface area (Å²) in [4.78, 5) is 11.8. The molecule has 4 heteroatoms. The van der Waals surface area contributed by atoms with Gasteiger partial charge in [-0.3, -0.25) is 4.79 Å². The molecule has 102 valence electrons. The zero-order valence-corrected chi connectivity index (χ0v) is 11.7. The molecule has 2 rings (SSSR count). The van der Waals surface area contributed by atoms with Crippen molar-refractivity contribution in [2.24, 2.45) is 0 Å². The van der Waals surface area contributed by atoms with Gasteiger partial charge >= 0.3 is 0 Å². The van der Waals surface area contributed by atoms with Gasteiger partial charge in [-0.25, -0.2) is 0 Å². The molecule has 0 spiro atoms. The molecule has 0 saturated heterocycles. The number of anilines is 1. The first-order chi connectivity index (χ1) is 9.70. The second-order valence-electron chi connectivity index (χ2n) is 4.04. The van der Waals surface area contributed by atoms with Gasteiger partial charge in [0.05, 0.1) is 17.8 Å². The molecule has 0 aromatic heterocycles. The fourth-order valence-electron chi connectivity index (χ4n) is 1.71. The number of carbonyl (C=O) groups is 1. The van der Waals surface area contributed by atoms with Gasteiger partial charge in [0.2, 0.25) is 5.91 Å². The van der Waals surface area contributed by atoms with Gasteiger partial charge in [-0.2, -0.15) is 0 Å². The molecule has 0 bridgehead atoms. The summed E-state index contributed by atoms with van der Waals surface area (Å²) in [7, 11) is 1.59. The normalized spacial score (nSPS) is 10.5. The number of hydrogen-bond donors (Lipinski definition) is 1. The Morgan fingerprint density at radius 3 is 2.60 bits per heavy atom. The summed E-state index contributed by atoms with van der Waals surface area (Å²) < 4.78 is 5.21. The lowest BCUT2D eigenvalue weighted by Crippen LogP contribution is -2.07. The number of nitrogens with one attached hydrogen (secondary N) is 1. The van der Waals surface area contributed by atoms with Crippen molar-refractivity contribution >= 4 is 29.3 Å². The van der Waals surface area contributed by atoms with E-state index in [9.17, 15) is 4.79 Å². The van der Waals surface area contributed by atoms with Crippen molar-refractivity contribution < 1.29 is 9.53 Å². The topological polar surface area (TPSA) is 38.3 Å². The van der Waals surface area contributed by atoms with Crippen LogP contribution in [0.4, 0.5) is 5.69 Å². The number of para-hydroxylation sites is 2. The number of hydrogen-bond acceptors (Lipinski definition) is 2. The first-order valence-electron chi connectivity index (χ1n) is 6.07. The van der Waals surface area contributed by atoms with Gasteiger partial charge in [-0.15, -0.1) is 0 Å². The Hall–Kier alpha value is -2.26. The zero-order valence-electron chi connectivity index (χ0n) is 11.0. The van der Waals surface area contributed by atoms with Crippen LogP contribution in [0, 0.1) is 0 Å². The molecule has 0 unspecified atom stereocenters. The highest BCUT2D eigenvalue weighted by Crippen LogP contribution is 2.21. The minimum absolute atomic E-state index is 0.246. The Morgan fingerprint density at radius 1 is 1.15 bits per heavy atom. The smallest absolute Gasteiger partial charge is 0.248 e. The summed E-state index contributed by atoms with van der Waals surface area (Å²) in [5, 5.41) is 3.23. The van der Waals surface area contributed by atoms with E-state index in [0.717, 1.165) is 5.56 Å². The molecule has 2 aromatic carbocycles. The van der Waals surface area contributed by atoms with Crippen LogP contribution in [0.15, 0.2) is 54.6 Å². The number of halogens is 1.